The zero-order valence-electron chi connectivity index (χ0n) is 7.75. The second-order valence-corrected chi connectivity index (χ2v) is 4.77. The van der Waals surface area contributed by atoms with Gasteiger partial charge in [0, 0.05) is 12.4 Å². The molecule has 0 saturated carbocycles. The molecule has 16 heavy (non-hydrogen) atoms. The maximum atomic E-state index is 11.7. The van der Waals surface area contributed by atoms with Crippen molar-refractivity contribution in [2.45, 2.75) is 4.90 Å². The van der Waals surface area contributed by atoms with Gasteiger partial charge in [-0.05, 0) is 17.7 Å². The van der Waals surface area contributed by atoms with Gasteiger partial charge in [-0.15, -0.1) is 0 Å². The van der Waals surface area contributed by atoms with Crippen molar-refractivity contribution in [1.29, 1.82) is 0 Å². The highest BCUT2D eigenvalue weighted by Gasteiger charge is 2.15. The molecule has 2 aromatic heterocycles. The first-order valence-electron chi connectivity index (χ1n) is 4.08. The molecule has 0 aliphatic rings. The van der Waals surface area contributed by atoms with Gasteiger partial charge >= 0.3 is 0 Å². The average molecular weight is 260 g/mol. The van der Waals surface area contributed by atoms with E-state index in [1.54, 1.807) is 0 Å². The van der Waals surface area contributed by atoms with Crippen LogP contribution in [0.25, 0.3) is 0 Å². The minimum atomic E-state index is -3.68. The number of hydrogen-bond donors (Lipinski definition) is 2. The number of aromatic amines is 1. The molecule has 0 amide bonds. The first-order chi connectivity index (χ1) is 7.58. The lowest BCUT2D eigenvalue weighted by Gasteiger charge is -2.04. The highest BCUT2D eigenvalue weighted by Crippen LogP contribution is 2.13. The second-order valence-electron chi connectivity index (χ2n) is 2.75. The Morgan fingerprint density at radius 3 is 2.88 bits per heavy atom. The molecule has 0 aromatic carbocycles. The van der Waals surface area contributed by atoms with Crippen molar-refractivity contribution in [3.63, 3.8) is 0 Å². The van der Waals surface area contributed by atoms with Gasteiger partial charge in [-0.2, -0.15) is 10.1 Å². The third kappa shape index (κ3) is 2.28. The predicted molar refractivity (Wildman–Crippen MR) is 56.4 cm³/mol. The summed E-state index contributed by atoms with van der Waals surface area (Å²) in [5.74, 6) is 0.0983. The molecule has 2 rings (SSSR count). The van der Waals surface area contributed by atoms with Crippen molar-refractivity contribution in [3.05, 3.63) is 29.9 Å². The highest BCUT2D eigenvalue weighted by atomic mass is 35.5. The average Bonchev–Trinajstić information content (AvgIpc) is 2.69. The lowest BCUT2D eigenvalue weighted by molar-refractivity contribution is 0.601. The molecule has 0 atom stereocenters. The summed E-state index contributed by atoms with van der Waals surface area (Å²) in [6, 6.07) is 1.39. The molecular formula is C7H6ClN5O2S. The largest absolute Gasteiger partial charge is 0.284 e. The fraction of sp³-hybridized carbons (Fsp3) is 0. The fourth-order valence-electron chi connectivity index (χ4n) is 0.974. The SMILES string of the molecule is O=S(=O)(Nc1ccnc(Cl)n1)c1cn[nH]c1. The van der Waals surface area contributed by atoms with Gasteiger partial charge in [0.15, 0.2) is 0 Å². The van der Waals surface area contributed by atoms with Crippen LogP contribution in [0.4, 0.5) is 5.82 Å². The van der Waals surface area contributed by atoms with Crippen LogP contribution in [-0.2, 0) is 10.0 Å². The quantitative estimate of drug-likeness (QED) is 0.789. The number of nitrogens with one attached hydrogen (secondary N) is 2. The van der Waals surface area contributed by atoms with Crippen molar-refractivity contribution in [2.24, 2.45) is 0 Å². The number of H-pyrrole nitrogens is 1. The molecular weight excluding hydrogens is 254 g/mol. The summed E-state index contributed by atoms with van der Waals surface area (Å²) in [6.07, 6.45) is 3.79. The Labute approximate surface area is 95.9 Å². The summed E-state index contributed by atoms with van der Waals surface area (Å²) in [5.41, 5.74) is 0. The number of nitrogens with zero attached hydrogens (tertiary/aromatic N) is 3. The third-order valence-electron chi connectivity index (χ3n) is 1.65. The van der Waals surface area contributed by atoms with Gasteiger partial charge in [0.1, 0.15) is 10.7 Å². The van der Waals surface area contributed by atoms with Crippen LogP contribution < -0.4 is 4.72 Å². The van der Waals surface area contributed by atoms with E-state index < -0.39 is 10.0 Å². The Morgan fingerprint density at radius 1 is 1.44 bits per heavy atom. The molecule has 9 heteroatoms. The summed E-state index contributed by atoms with van der Waals surface area (Å²) in [7, 11) is -3.68. The van der Waals surface area contributed by atoms with Crippen LogP contribution in [0.5, 0.6) is 0 Å². The van der Waals surface area contributed by atoms with Gasteiger partial charge in [-0.3, -0.25) is 9.82 Å². The normalized spacial score (nSPS) is 11.3. The van der Waals surface area contributed by atoms with Gasteiger partial charge in [0.05, 0.1) is 6.20 Å². The van der Waals surface area contributed by atoms with Gasteiger partial charge in [-0.1, -0.05) is 0 Å². The van der Waals surface area contributed by atoms with E-state index in [0.29, 0.717) is 0 Å². The first-order valence-corrected chi connectivity index (χ1v) is 5.94. The molecule has 0 bridgehead atoms. The molecule has 2 heterocycles. The predicted octanol–water partition coefficient (Wildman–Crippen LogP) is 0.654. The summed E-state index contributed by atoms with van der Waals surface area (Å²) in [5, 5.41) is 5.91. The fourth-order valence-corrected chi connectivity index (χ4v) is 2.03. The zero-order valence-corrected chi connectivity index (χ0v) is 9.33. The smallest absolute Gasteiger partial charge is 0.266 e. The molecule has 0 fully saturated rings. The number of rotatable bonds is 3. The van der Waals surface area contributed by atoms with Crippen LogP contribution in [0, 0.1) is 0 Å². The van der Waals surface area contributed by atoms with E-state index >= 15 is 0 Å². The molecule has 7 nitrogen and oxygen atoms in total. The highest BCUT2D eigenvalue weighted by molar-refractivity contribution is 7.92. The van der Waals surface area contributed by atoms with E-state index in [1.807, 2.05) is 0 Å². The monoisotopic (exact) mass is 259 g/mol. The number of anilines is 1. The van der Waals surface area contributed by atoms with Crippen LogP contribution in [0.1, 0.15) is 0 Å². The van der Waals surface area contributed by atoms with Crippen LogP contribution in [0.2, 0.25) is 5.28 Å². The van der Waals surface area contributed by atoms with Crippen molar-refractivity contribution >= 4 is 27.4 Å². The van der Waals surface area contributed by atoms with Crippen LogP contribution >= 0.6 is 11.6 Å². The Hall–Kier alpha value is -1.67. The van der Waals surface area contributed by atoms with Crippen molar-refractivity contribution in [1.82, 2.24) is 20.2 Å². The summed E-state index contributed by atoms with van der Waals surface area (Å²) in [4.78, 5) is 7.35. The van der Waals surface area contributed by atoms with Crippen molar-refractivity contribution in [2.75, 3.05) is 4.72 Å². The lowest BCUT2D eigenvalue weighted by atomic mass is 10.6. The van der Waals surface area contributed by atoms with E-state index in [0.717, 1.165) is 0 Å². The maximum absolute atomic E-state index is 11.7. The molecule has 0 saturated heterocycles. The number of sulfonamides is 1. The lowest BCUT2D eigenvalue weighted by Crippen LogP contribution is -2.13. The van der Waals surface area contributed by atoms with Crippen LogP contribution in [0.15, 0.2) is 29.6 Å². The van der Waals surface area contributed by atoms with E-state index in [-0.39, 0.29) is 16.0 Å². The van der Waals surface area contributed by atoms with E-state index in [1.165, 1.54) is 24.7 Å². The molecule has 2 aromatic rings. The maximum Gasteiger partial charge on any atom is 0.266 e. The summed E-state index contributed by atoms with van der Waals surface area (Å²) >= 11 is 5.52. The van der Waals surface area contributed by atoms with E-state index in [2.05, 4.69) is 24.9 Å². The van der Waals surface area contributed by atoms with E-state index in [4.69, 9.17) is 11.6 Å². The standard InChI is InChI=1S/C7H6ClN5O2S/c8-7-9-2-1-6(12-7)13-16(14,15)5-3-10-11-4-5/h1-4H,(H,10,11)(H,9,12,13). The van der Waals surface area contributed by atoms with Gasteiger partial charge in [-0.25, -0.2) is 13.4 Å². The minimum Gasteiger partial charge on any atom is -0.284 e. The Kier molecular flexibility index (Phi) is 2.75. The molecule has 0 aliphatic carbocycles. The third-order valence-corrected chi connectivity index (χ3v) is 3.15. The molecule has 2 N–H and O–H groups in total. The first kappa shape index (κ1) is 10.8. The van der Waals surface area contributed by atoms with Gasteiger partial charge in [0.25, 0.3) is 10.0 Å². The van der Waals surface area contributed by atoms with Crippen molar-refractivity contribution in [3.8, 4) is 0 Å². The molecule has 0 spiro atoms. The molecule has 0 aliphatic heterocycles. The van der Waals surface area contributed by atoms with Gasteiger partial charge in [0.2, 0.25) is 5.28 Å². The van der Waals surface area contributed by atoms with Crippen LogP contribution in [0.3, 0.4) is 0 Å². The number of hydrogen-bond acceptors (Lipinski definition) is 5. The Balaban J connectivity index is 2.29. The van der Waals surface area contributed by atoms with E-state index in [9.17, 15) is 8.42 Å². The minimum absolute atomic E-state index is 0.0160. The topological polar surface area (TPSA) is 101 Å². The summed E-state index contributed by atoms with van der Waals surface area (Å²) < 4.78 is 25.6. The molecule has 0 unspecified atom stereocenters. The Morgan fingerprint density at radius 2 is 2.25 bits per heavy atom. The van der Waals surface area contributed by atoms with Gasteiger partial charge < -0.3 is 0 Å². The second kappa shape index (κ2) is 4.06. The molecule has 84 valence electrons. The van der Waals surface area contributed by atoms with Crippen LogP contribution in [-0.4, -0.2) is 28.6 Å². The number of halogens is 1. The number of aromatic nitrogens is 4. The zero-order chi connectivity index (χ0) is 11.6. The summed E-state index contributed by atoms with van der Waals surface area (Å²) in [6.45, 7) is 0. The Bertz CT molecular complexity index is 583. The van der Waals surface area contributed by atoms with Crippen molar-refractivity contribution < 1.29 is 8.42 Å². The molecule has 0 radical (unpaired) electrons.